The van der Waals surface area contributed by atoms with E-state index in [0.717, 1.165) is 66.5 Å². The first-order valence-electron chi connectivity index (χ1n) is 13.5. The van der Waals surface area contributed by atoms with Crippen LogP contribution in [0.15, 0.2) is 101 Å². The smallest absolute Gasteiger partial charge is 0.247 e. The lowest BCUT2D eigenvalue weighted by molar-refractivity contribution is -0.111. The van der Waals surface area contributed by atoms with Gasteiger partial charge in [0, 0.05) is 61.4 Å². The van der Waals surface area contributed by atoms with Crippen molar-refractivity contribution in [3.63, 3.8) is 0 Å². The summed E-state index contributed by atoms with van der Waals surface area (Å²) in [6.07, 6.45) is 8.87. The van der Waals surface area contributed by atoms with E-state index in [1.807, 2.05) is 68.5 Å². The highest BCUT2D eigenvalue weighted by molar-refractivity contribution is 6.34. The van der Waals surface area contributed by atoms with E-state index < -0.39 is 0 Å². The molecule has 1 fully saturated rings. The van der Waals surface area contributed by atoms with E-state index in [2.05, 4.69) is 51.3 Å². The van der Waals surface area contributed by atoms with Gasteiger partial charge in [0.1, 0.15) is 0 Å². The Morgan fingerprint density at radius 3 is 2.42 bits per heavy atom. The van der Waals surface area contributed by atoms with Crippen LogP contribution >= 0.6 is 0 Å². The van der Waals surface area contributed by atoms with Crippen LogP contribution in [-0.2, 0) is 4.79 Å². The number of allylic oxidation sites excluding steroid dienone is 5. The average molecular weight is 543 g/mol. The van der Waals surface area contributed by atoms with Crippen LogP contribution in [0.1, 0.15) is 19.4 Å². The first-order chi connectivity index (χ1) is 19.6. The van der Waals surface area contributed by atoms with E-state index in [0.29, 0.717) is 5.69 Å². The van der Waals surface area contributed by atoms with E-state index in [9.17, 15) is 4.79 Å². The number of piperazine rings is 1. The summed E-state index contributed by atoms with van der Waals surface area (Å²) in [5.74, 6) is -0.259. The summed E-state index contributed by atoms with van der Waals surface area (Å²) < 4.78 is 0. The van der Waals surface area contributed by atoms with Gasteiger partial charge in [0.05, 0.1) is 18.0 Å². The molecule has 1 saturated heterocycles. The molecule has 0 atom stereocenters. The minimum absolute atomic E-state index is 0.201. The third-order valence-corrected chi connectivity index (χ3v) is 6.17. The molecule has 0 saturated carbocycles. The van der Waals surface area contributed by atoms with Crippen LogP contribution in [0.3, 0.4) is 0 Å². The fraction of sp³-hybridized carbons (Fsp3) is 0.281. The molecule has 1 aliphatic carbocycles. The number of anilines is 2. The number of β-amino-alcohol motifs (C(OH)–C–C–N with tert-alkyl or cyclic N) is 1. The number of carbonyl (C=O) groups is 1. The fourth-order valence-corrected chi connectivity index (χ4v) is 4.32. The van der Waals surface area contributed by atoms with Gasteiger partial charge in [-0.15, -0.1) is 0 Å². The number of nitrogens with one attached hydrogen (secondary N) is 1. The lowest BCUT2D eigenvalue weighted by Gasteiger charge is -2.35. The van der Waals surface area contributed by atoms with Crippen LogP contribution in [0, 0.1) is 0 Å². The average Bonchev–Trinajstić information content (AvgIpc) is 3.01. The number of carbonyl (C=O) groups excluding carboxylic acids is 1. The first-order valence-corrected chi connectivity index (χ1v) is 13.5. The van der Waals surface area contributed by atoms with Gasteiger partial charge in [0.2, 0.25) is 5.91 Å². The summed E-state index contributed by atoms with van der Waals surface area (Å²) in [5, 5.41) is 12.0. The molecule has 2 aliphatic rings. The molecule has 0 spiro atoms. The maximum absolute atomic E-state index is 11.8. The van der Waals surface area contributed by atoms with E-state index in [-0.39, 0.29) is 12.5 Å². The molecule has 1 aliphatic heterocycles. The Morgan fingerprint density at radius 1 is 1.10 bits per heavy atom. The largest absolute Gasteiger partial charge is 0.395 e. The second-order valence-corrected chi connectivity index (χ2v) is 8.51. The van der Waals surface area contributed by atoms with Gasteiger partial charge in [0.25, 0.3) is 0 Å². The summed E-state index contributed by atoms with van der Waals surface area (Å²) in [6, 6.07) is 15.9. The van der Waals surface area contributed by atoms with Crippen molar-refractivity contribution in [3.8, 4) is 0 Å². The summed E-state index contributed by atoms with van der Waals surface area (Å²) >= 11 is 0. The maximum atomic E-state index is 11.8. The maximum Gasteiger partial charge on any atom is 0.247 e. The second-order valence-electron chi connectivity index (χ2n) is 8.51. The molecule has 8 nitrogen and oxygen atoms in total. The minimum Gasteiger partial charge on any atom is -0.395 e. The van der Waals surface area contributed by atoms with Crippen LogP contribution in [0.4, 0.5) is 17.1 Å². The highest BCUT2D eigenvalue weighted by Gasteiger charge is 2.18. The van der Waals surface area contributed by atoms with Gasteiger partial charge in [-0.1, -0.05) is 50.8 Å². The molecule has 4 N–H and O–H groups in total. The van der Waals surface area contributed by atoms with Gasteiger partial charge in [-0.25, -0.2) is 4.99 Å². The van der Waals surface area contributed by atoms with Crippen molar-refractivity contribution < 1.29 is 9.90 Å². The molecule has 0 bridgehead atoms. The van der Waals surface area contributed by atoms with Crippen molar-refractivity contribution in [1.29, 1.82) is 0 Å². The third-order valence-electron chi connectivity index (χ3n) is 6.17. The van der Waals surface area contributed by atoms with E-state index >= 15 is 0 Å². The van der Waals surface area contributed by atoms with Crippen LogP contribution in [0.2, 0.25) is 0 Å². The number of nitrogens with zero attached hydrogens (tertiary/aromatic N) is 4. The van der Waals surface area contributed by atoms with Crippen LogP contribution < -0.4 is 16.0 Å². The van der Waals surface area contributed by atoms with Gasteiger partial charge in [0.15, 0.2) is 0 Å². The summed E-state index contributed by atoms with van der Waals surface area (Å²) in [5.41, 5.74) is 10.7. The standard InChI is InChI=1S/C29H31N5O2.C2H6.CH5N/c1-3-28(36)31-25-8-4-6-22(20-25)27-9-5-7-23(21-30-2)29(27)32-24-10-12-26(13-11-24)34-16-14-33(15-17-34)18-19-35;2*1-2/h3-13,20-21,35H,1-2,14-19H2,(H,31,36);1-2H3;2H2,1H3/b23-21-,32-29?;;. The zero-order chi connectivity index (χ0) is 29.3. The number of aliphatic imine (C=N–C) groups is 2. The normalized spacial score (nSPS) is 16.7. The zero-order valence-corrected chi connectivity index (χ0v) is 23.9. The van der Waals surface area contributed by atoms with E-state index in [1.165, 1.54) is 13.1 Å². The fourth-order valence-electron chi connectivity index (χ4n) is 4.32. The predicted molar refractivity (Wildman–Crippen MR) is 171 cm³/mol. The number of benzene rings is 2. The summed E-state index contributed by atoms with van der Waals surface area (Å²) in [4.78, 5) is 25.4. The van der Waals surface area contributed by atoms with Gasteiger partial charge >= 0.3 is 0 Å². The molecule has 4 rings (SSSR count). The second kappa shape index (κ2) is 17.5. The van der Waals surface area contributed by atoms with Crippen molar-refractivity contribution in [2.45, 2.75) is 13.8 Å². The summed E-state index contributed by atoms with van der Waals surface area (Å²) in [6.45, 7) is 15.8. The number of nitrogens with two attached hydrogens (primary N) is 1. The van der Waals surface area contributed by atoms with Crippen molar-refractivity contribution in [2.24, 2.45) is 15.7 Å². The highest BCUT2D eigenvalue weighted by atomic mass is 16.3. The first kappa shape index (κ1) is 32.1. The minimum atomic E-state index is -0.259. The number of aliphatic hydroxyl groups excluding tert-OH is 1. The molecule has 212 valence electrons. The number of hydrogen-bond acceptors (Lipinski definition) is 7. The molecule has 1 amide bonds. The van der Waals surface area contributed by atoms with E-state index in [4.69, 9.17) is 10.1 Å². The molecular formula is C32H42N6O2. The monoisotopic (exact) mass is 542 g/mol. The molecule has 0 unspecified atom stereocenters. The Hall–Kier alpha value is -4.11. The van der Waals surface area contributed by atoms with Crippen LogP contribution in [0.5, 0.6) is 0 Å². The van der Waals surface area contributed by atoms with Crippen molar-refractivity contribution in [1.82, 2.24) is 4.90 Å². The summed E-state index contributed by atoms with van der Waals surface area (Å²) in [7, 11) is 1.50. The molecule has 0 radical (unpaired) electrons. The van der Waals surface area contributed by atoms with Gasteiger partial charge in [-0.05, 0) is 61.8 Å². The molecule has 8 heteroatoms. The Morgan fingerprint density at radius 2 is 1.80 bits per heavy atom. The van der Waals surface area contributed by atoms with Crippen LogP contribution in [-0.4, -0.2) is 74.7 Å². The number of hydrogen-bond donors (Lipinski definition) is 3. The van der Waals surface area contributed by atoms with Crippen molar-refractivity contribution in [2.75, 3.05) is 56.6 Å². The Balaban J connectivity index is 0.00000134. The van der Waals surface area contributed by atoms with Crippen molar-refractivity contribution in [3.05, 3.63) is 96.8 Å². The third kappa shape index (κ3) is 8.98. The van der Waals surface area contributed by atoms with E-state index in [1.54, 1.807) is 6.20 Å². The Bertz CT molecular complexity index is 1240. The topological polar surface area (TPSA) is 107 Å². The van der Waals surface area contributed by atoms with Crippen molar-refractivity contribution >= 4 is 41.0 Å². The molecule has 1 heterocycles. The molecule has 0 aromatic heterocycles. The number of amides is 1. The van der Waals surface area contributed by atoms with Crippen LogP contribution in [0.25, 0.3) is 5.57 Å². The Labute approximate surface area is 238 Å². The lowest BCUT2D eigenvalue weighted by Crippen LogP contribution is -2.47. The van der Waals surface area contributed by atoms with Gasteiger partial charge < -0.3 is 21.1 Å². The number of aliphatic hydroxyl groups is 1. The van der Waals surface area contributed by atoms with Gasteiger partial charge in [-0.2, -0.15) is 0 Å². The SMILES string of the molecule is C=CC(=O)Nc1cccc(C2=CC=C/C(=C/N=C)C2=Nc2ccc(N3CCN(CCO)CC3)cc2)c1.CC.CN. The number of rotatable bonds is 8. The predicted octanol–water partition coefficient (Wildman–Crippen LogP) is 4.84. The molecule has 2 aromatic rings. The zero-order valence-electron chi connectivity index (χ0n) is 23.9. The lowest BCUT2D eigenvalue weighted by atomic mass is 9.91. The highest BCUT2D eigenvalue weighted by Crippen LogP contribution is 2.30. The molecule has 2 aromatic carbocycles. The Kier molecular flexibility index (Phi) is 14.0. The quantitative estimate of drug-likeness (QED) is 0.327. The molecule has 40 heavy (non-hydrogen) atoms. The van der Waals surface area contributed by atoms with Gasteiger partial charge in [-0.3, -0.25) is 14.7 Å². The molecular weight excluding hydrogens is 500 g/mol.